The molecule has 1 atom stereocenters. The summed E-state index contributed by atoms with van der Waals surface area (Å²) in [4.78, 5) is 17.4. The molecule has 6 heteroatoms. The van der Waals surface area contributed by atoms with E-state index in [0.29, 0.717) is 11.7 Å². The Kier molecular flexibility index (Phi) is 5.80. The monoisotopic (exact) mass is 415 g/mol. The van der Waals surface area contributed by atoms with Crippen LogP contribution in [0, 0.1) is 0 Å². The van der Waals surface area contributed by atoms with E-state index in [2.05, 4.69) is 51.6 Å². The molecule has 5 rings (SSSR count). The number of carbonyl (C=O) groups excluding carboxylic acids is 1. The number of amides is 1. The van der Waals surface area contributed by atoms with Crippen molar-refractivity contribution < 1.29 is 4.79 Å². The number of hydrogen-bond acceptors (Lipinski definition) is 4. The Morgan fingerprint density at radius 3 is 2.48 bits per heavy atom. The maximum absolute atomic E-state index is 12.9. The van der Waals surface area contributed by atoms with Crippen molar-refractivity contribution >= 4 is 5.91 Å². The van der Waals surface area contributed by atoms with Gasteiger partial charge >= 0.3 is 0 Å². The van der Waals surface area contributed by atoms with Gasteiger partial charge in [0.1, 0.15) is 0 Å². The molecule has 0 N–H and O–H groups in total. The zero-order valence-electron chi connectivity index (χ0n) is 17.9. The normalized spacial score (nSPS) is 19.2. The second-order valence-electron chi connectivity index (χ2n) is 8.60. The van der Waals surface area contributed by atoms with Crippen LogP contribution in [-0.2, 0) is 25.8 Å². The first kappa shape index (κ1) is 19.9. The second-order valence-corrected chi connectivity index (χ2v) is 8.60. The average Bonchev–Trinajstić information content (AvgIpc) is 3.32. The maximum atomic E-state index is 12.9. The first-order valence-electron chi connectivity index (χ1n) is 11.3. The minimum atomic E-state index is -0.000370. The van der Waals surface area contributed by atoms with Gasteiger partial charge in [-0.3, -0.25) is 14.4 Å². The van der Waals surface area contributed by atoms with E-state index >= 15 is 0 Å². The number of benzene rings is 2. The van der Waals surface area contributed by atoms with Gasteiger partial charge in [0.15, 0.2) is 5.69 Å². The molecule has 1 aliphatic carbocycles. The van der Waals surface area contributed by atoms with Crippen molar-refractivity contribution in [2.75, 3.05) is 26.2 Å². The van der Waals surface area contributed by atoms with Crippen LogP contribution in [0.2, 0.25) is 0 Å². The molecule has 1 saturated heterocycles. The summed E-state index contributed by atoms with van der Waals surface area (Å²) in [6, 6.07) is 19.7. The summed E-state index contributed by atoms with van der Waals surface area (Å²) < 4.78 is 1.77. The highest BCUT2D eigenvalue weighted by atomic mass is 16.2. The molecule has 3 aromatic rings. The highest BCUT2D eigenvalue weighted by molar-refractivity contribution is 5.92. The van der Waals surface area contributed by atoms with Crippen LogP contribution in [0.4, 0.5) is 0 Å². The molecule has 1 amide bonds. The minimum absolute atomic E-state index is 0.000370. The SMILES string of the molecule is O=C(c1cn(CCc2ccccc2)nn1)N1CCN(C2CCc3ccccc3C2)CC1. The molecule has 0 spiro atoms. The van der Waals surface area contributed by atoms with Crippen molar-refractivity contribution in [1.29, 1.82) is 0 Å². The lowest BCUT2D eigenvalue weighted by molar-refractivity contribution is 0.0547. The minimum Gasteiger partial charge on any atom is -0.335 e. The lowest BCUT2D eigenvalue weighted by Gasteiger charge is -2.41. The van der Waals surface area contributed by atoms with Gasteiger partial charge in [0, 0.05) is 38.8 Å². The van der Waals surface area contributed by atoms with E-state index in [1.54, 1.807) is 10.9 Å². The van der Waals surface area contributed by atoms with Gasteiger partial charge in [0.2, 0.25) is 0 Å². The van der Waals surface area contributed by atoms with Gasteiger partial charge in [-0.1, -0.05) is 59.8 Å². The fourth-order valence-corrected chi connectivity index (χ4v) is 4.84. The van der Waals surface area contributed by atoms with Crippen molar-refractivity contribution in [3.8, 4) is 0 Å². The molecule has 31 heavy (non-hydrogen) atoms. The Morgan fingerprint density at radius 2 is 1.68 bits per heavy atom. The molecule has 6 nitrogen and oxygen atoms in total. The predicted octanol–water partition coefficient (Wildman–Crippen LogP) is 2.84. The van der Waals surface area contributed by atoms with Crippen LogP contribution in [-0.4, -0.2) is 62.9 Å². The first-order valence-corrected chi connectivity index (χ1v) is 11.3. The molecular formula is C25H29N5O. The maximum Gasteiger partial charge on any atom is 0.276 e. The number of aryl methyl sites for hydroxylation is 3. The van der Waals surface area contributed by atoms with Crippen molar-refractivity contribution in [2.24, 2.45) is 0 Å². The Morgan fingerprint density at radius 1 is 0.935 bits per heavy atom. The number of aromatic nitrogens is 3. The quantitative estimate of drug-likeness (QED) is 0.643. The Hall–Kier alpha value is -2.99. The molecule has 0 saturated carbocycles. The topological polar surface area (TPSA) is 54.3 Å². The summed E-state index contributed by atoms with van der Waals surface area (Å²) in [5.74, 6) is -0.000370. The third kappa shape index (κ3) is 4.54. The van der Waals surface area contributed by atoms with Crippen LogP contribution in [0.5, 0.6) is 0 Å². The number of nitrogens with zero attached hydrogens (tertiary/aromatic N) is 5. The number of carbonyl (C=O) groups is 1. The van der Waals surface area contributed by atoms with Gasteiger partial charge < -0.3 is 4.90 Å². The van der Waals surface area contributed by atoms with E-state index in [4.69, 9.17) is 0 Å². The molecule has 1 fully saturated rings. The summed E-state index contributed by atoms with van der Waals surface area (Å²) in [6.45, 7) is 4.10. The standard InChI is InChI=1S/C25H29N5O/c31-25(24-19-30(27-26-24)13-12-20-6-2-1-3-7-20)29-16-14-28(15-17-29)23-11-10-21-8-4-5-9-22(21)18-23/h1-9,19,23H,10-18H2. The van der Waals surface area contributed by atoms with Crippen LogP contribution in [0.3, 0.4) is 0 Å². The zero-order valence-corrected chi connectivity index (χ0v) is 17.9. The Bertz CT molecular complexity index is 1020. The third-order valence-corrected chi connectivity index (χ3v) is 6.67. The highest BCUT2D eigenvalue weighted by Gasteiger charge is 2.29. The Labute approximate surface area is 183 Å². The van der Waals surface area contributed by atoms with E-state index in [9.17, 15) is 4.79 Å². The van der Waals surface area contributed by atoms with Crippen LogP contribution < -0.4 is 0 Å². The molecule has 1 aliphatic heterocycles. The Balaban J connectivity index is 1.13. The van der Waals surface area contributed by atoms with Crippen molar-refractivity contribution in [3.05, 3.63) is 83.2 Å². The molecule has 1 unspecified atom stereocenters. The van der Waals surface area contributed by atoms with E-state index in [1.807, 2.05) is 23.1 Å². The third-order valence-electron chi connectivity index (χ3n) is 6.67. The average molecular weight is 416 g/mol. The molecular weight excluding hydrogens is 386 g/mol. The van der Waals surface area contributed by atoms with Gasteiger partial charge in [-0.05, 0) is 42.4 Å². The fourth-order valence-electron chi connectivity index (χ4n) is 4.84. The van der Waals surface area contributed by atoms with Crippen molar-refractivity contribution in [1.82, 2.24) is 24.8 Å². The zero-order chi connectivity index (χ0) is 21.0. The van der Waals surface area contributed by atoms with E-state index in [1.165, 1.54) is 23.1 Å². The van der Waals surface area contributed by atoms with Gasteiger partial charge in [0.05, 0.1) is 6.20 Å². The van der Waals surface area contributed by atoms with Crippen LogP contribution in [0.25, 0.3) is 0 Å². The predicted molar refractivity (Wildman–Crippen MR) is 120 cm³/mol. The van der Waals surface area contributed by atoms with Crippen LogP contribution in [0.1, 0.15) is 33.6 Å². The lowest BCUT2D eigenvalue weighted by atomic mass is 9.87. The lowest BCUT2D eigenvalue weighted by Crippen LogP contribution is -2.53. The number of rotatable bonds is 5. The summed E-state index contributed by atoms with van der Waals surface area (Å²) >= 11 is 0. The van der Waals surface area contributed by atoms with Crippen molar-refractivity contribution in [2.45, 2.75) is 38.3 Å². The largest absolute Gasteiger partial charge is 0.335 e. The van der Waals surface area contributed by atoms with Crippen LogP contribution in [0.15, 0.2) is 60.8 Å². The van der Waals surface area contributed by atoms with Crippen LogP contribution >= 0.6 is 0 Å². The molecule has 2 aromatic carbocycles. The van der Waals surface area contributed by atoms with Crippen molar-refractivity contribution in [3.63, 3.8) is 0 Å². The summed E-state index contributed by atoms with van der Waals surface area (Å²) in [5.41, 5.74) is 4.70. The second kappa shape index (κ2) is 9.02. The summed E-state index contributed by atoms with van der Waals surface area (Å²) in [6.07, 6.45) is 6.16. The van der Waals surface area contributed by atoms with E-state index in [-0.39, 0.29) is 5.91 Å². The van der Waals surface area contributed by atoms with Gasteiger partial charge in [0.25, 0.3) is 5.91 Å². The molecule has 1 aromatic heterocycles. The smallest absolute Gasteiger partial charge is 0.276 e. The first-order chi connectivity index (χ1) is 15.3. The molecule has 2 heterocycles. The van der Waals surface area contributed by atoms with E-state index < -0.39 is 0 Å². The molecule has 0 bridgehead atoms. The van der Waals surface area contributed by atoms with E-state index in [0.717, 1.165) is 52.0 Å². The fraction of sp³-hybridized carbons (Fsp3) is 0.400. The number of hydrogen-bond donors (Lipinski definition) is 0. The summed E-state index contributed by atoms with van der Waals surface area (Å²) in [5, 5.41) is 8.31. The molecule has 160 valence electrons. The van der Waals surface area contributed by atoms with Gasteiger partial charge in [-0.2, -0.15) is 0 Å². The highest BCUT2D eigenvalue weighted by Crippen LogP contribution is 2.25. The number of fused-ring (bicyclic) bond motifs is 1. The molecule has 2 aliphatic rings. The van der Waals surface area contributed by atoms with Gasteiger partial charge in [-0.25, -0.2) is 0 Å². The molecule has 0 radical (unpaired) electrons. The number of piperazine rings is 1. The van der Waals surface area contributed by atoms with Gasteiger partial charge in [-0.15, -0.1) is 5.10 Å². The summed E-state index contributed by atoms with van der Waals surface area (Å²) in [7, 11) is 0.